The Morgan fingerprint density at radius 2 is 1.81 bits per heavy atom. The highest BCUT2D eigenvalue weighted by molar-refractivity contribution is 5.78. The number of hydrogen-bond donors (Lipinski definition) is 1. The van der Waals surface area contributed by atoms with Crippen LogP contribution in [0.25, 0.3) is 11.1 Å². The molecule has 0 fully saturated rings. The predicted octanol–water partition coefficient (Wildman–Crippen LogP) is 3.77. The van der Waals surface area contributed by atoms with E-state index in [1.807, 2.05) is 50.2 Å². The molecule has 1 aromatic heterocycles. The molecule has 0 amide bonds. The second-order valence-electron chi connectivity index (χ2n) is 8.48. The van der Waals surface area contributed by atoms with Crippen LogP contribution in [0.3, 0.4) is 0 Å². The predicted molar refractivity (Wildman–Crippen MR) is 117 cm³/mol. The van der Waals surface area contributed by atoms with Crippen molar-refractivity contribution in [1.29, 1.82) is 5.26 Å². The number of aliphatic imine (C=N–C) groups is 1. The van der Waals surface area contributed by atoms with Crippen LogP contribution in [0.2, 0.25) is 0 Å². The van der Waals surface area contributed by atoms with Gasteiger partial charge in [-0.1, -0.05) is 6.07 Å². The molecule has 0 saturated heterocycles. The zero-order valence-corrected chi connectivity index (χ0v) is 17.7. The van der Waals surface area contributed by atoms with E-state index in [0.717, 1.165) is 22.3 Å². The van der Waals surface area contributed by atoms with Gasteiger partial charge in [0, 0.05) is 29.1 Å². The van der Waals surface area contributed by atoms with Crippen molar-refractivity contribution in [2.75, 3.05) is 13.2 Å². The van der Waals surface area contributed by atoms with Crippen molar-refractivity contribution in [2.45, 2.75) is 19.4 Å². The Kier molecular flexibility index (Phi) is 4.48. The Morgan fingerprint density at radius 3 is 2.50 bits per heavy atom. The lowest BCUT2D eigenvalue weighted by molar-refractivity contribution is 0.225. The quantitative estimate of drug-likeness (QED) is 0.674. The van der Waals surface area contributed by atoms with Crippen LogP contribution in [0.4, 0.5) is 0 Å². The Morgan fingerprint density at radius 1 is 1.09 bits per heavy atom. The maximum absolute atomic E-state index is 9.28. The molecule has 0 bridgehead atoms. The van der Waals surface area contributed by atoms with Crippen LogP contribution in [0.1, 0.15) is 25.0 Å². The van der Waals surface area contributed by atoms with Crippen molar-refractivity contribution in [2.24, 2.45) is 16.1 Å². The van der Waals surface area contributed by atoms with Crippen molar-refractivity contribution in [1.82, 2.24) is 9.97 Å². The number of nitriles is 1. The minimum Gasteiger partial charge on any atom is -0.492 e. The third-order valence-corrected chi connectivity index (χ3v) is 5.57. The molecule has 0 unspecified atom stereocenters. The van der Waals surface area contributed by atoms with Crippen molar-refractivity contribution in [3.8, 4) is 34.4 Å². The van der Waals surface area contributed by atoms with E-state index in [4.69, 9.17) is 24.9 Å². The standard InChI is InChI=1S/C24H21N5O3/c1-23(2,11-25)12-30-17-4-6-21-19(8-17)24(13-31-22(26)29-24)18-7-15(3-5-20(18)32-21)16-9-27-14-28-10-16/h3-10,14H,12-13H2,1-2H3,(H2,26,29)/t24-/m0/s1. The van der Waals surface area contributed by atoms with Gasteiger partial charge >= 0.3 is 0 Å². The summed E-state index contributed by atoms with van der Waals surface area (Å²) >= 11 is 0. The summed E-state index contributed by atoms with van der Waals surface area (Å²) in [4.78, 5) is 12.9. The average molecular weight is 427 g/mol. The molecule has 5 rings (SSSR count). The van der Waals surface area contributed by atoms with Gasteiger partial charge in [0.2, 0.25) is 0 Å². The molecule has 2 N–H and O–H groups in total. The largest absolute Gasteiger partial charge is 0.492 e. The molecule has 2 aliphatic heterocycles. The summed E-state index contributed by atoms with van der Waals surface area (Å²) in [7, 11) is 0. The summed E-state index contributed by atoms with van der Waals surface area (Å²) in [5.41, 5.74) is 7.93. The van der Waals surface area contributed by atoms with Crippen LogP contribution in [-0.2, 0) is 10.3 Å². The van der Waals surface area contributed by atoms with Gasteiger partial charge in [0.15, 0.2) is 5.54 Å². The molecule has 0 aliphatic carbocycles. The van der Waals surface area contributed by atoms with E-state index in [2.05, 4.69) is 16.0 Å². The Labute approximate surface area is 185 Å². The summed E-state index contributed by atoms with van der Waals surface area (Å²) in [6, 6.07) is 13.8. The first-order valence-electron chi connectivity index (χ1n) is 10.1. The van der Waals surface area contributed by atoms with E-state index in [-0.39, 0.29) is 19.2 Å². The average Bonchev–Trinajstić information content (AvgIpc) is 3.21. The number of hydrogen-bond acceptors (Lipinski definition) is 8. The topological polar surface area (TPSA) is 116 Å². The lowest BCUT2D eigenvalue weighted by atomic mass is 9.80. The summed E-state index contributed by atoms with van der Waals surface area (Å²) < 4.78 is 17.8. The number of rotatable bonds is 4. The number of nitrogens with two attached hydrogens (primary N) is 1. The number of fused-ring (bicyclic) bond motifs is 4. The lowest BCUT2D eigenvalue weighted by Crippen LogP contribution is -2.31. The maximum atomic E-state index is 9.28. The summed E-state index contributed by atoms with van der Waals surface area (Å²) in [6.07, 6.45) is 5.00. The number of nitrogens with zero attached hydrogens (tertiary/aromatic N) is 4. The molecule has 2 aromatic carbocycles. The van der Waals surface area contributed by atoms with Crippen molar-refractivity contribution >= 4 is 6.02 Å². The first kappa shape index (κ1) is 19.8. The summed E-state index contributed by atoms with van der Waals surface area (Å²) in [5.74, 6) is 1.95. The minimum atomic E-state index is -0.872. The number of aromatic nitrogens is 2. The van der Waals surface area contributed by atoms with Crippen molar-refractivity contribution in [3.63, 3.8) is 0 Å². The van der Waals surface area contributed by atoms with Crippen LogP contribution < -0.4 is 15.2 Å². The molecule has 1 atom stereocenters. The second kappa shape index (κ2) is 7.24. The van der Waals surface area contributed by atoms with Gasteiger partial charge in [-0.25, -0.2) is 15.0 Å². The van der Waals surface area contributed by atoms with E-state index in [1.54, 1.807) is 12.4 Å². The number of benzene rings is 2. The van der Waals surface area contributed by atoms with E-state index >= 15 is 0 Å². The van der Waals surface area contributed by atoms with Crippen LogP contribution in [0, 0.1) is 16.7 Å². The van der Waals surface area contributed by atoms with Gasteiger partial charge in [0.05, 0.1) is 11.5 Å². The van der Waals surface area contributed by atoms with Gasteiger partial charge in [0.1, 0.15) is 36.8 Å². The molecule has 0 radical (unpaired) electrons. The number of amidine groups is 1. The van der Waals surface area contributed by atoms with Gasteiger partial charge in [0.25, 0.3) is 6.02 Å². The molecule has 1 spiro atoms. The highest BCUT2D eigenvalue weighted by Crippen LogP contribution is 2.52. The van der Waals surface area contributed by atoms with E-state index in [0.29, 0.717) is 17.2 Å². The fraction of sp³-hybridized carbons (Fsp3) is 0.250. The Hall–Kier alpha value is -4.12. The molecular weight excluding hydrogens is 406 g/mol. The van der Waals surface area contributed by atoms with Crippen molar-refractivity contribution < 1.29 is 14.2 Å². The fourth-order valence-electron chi connectivity index (χ4n) is 3.85. The van der Waals surface area contributed by atoms with Gasteiger partial charge in [-0.3, -0.25) is 0 Å². The van der Waals surface area contributed by atoms with Gasteiger partial charge in [-0.2, -0.15) is 5.26 Å². The highest BCUT2D eigenvalue weighted by atomic mass is 16.5. The number of ether oxygens (including phenoxy) is 3. The van der Waals surface area contributed by atoms with Crippen LogP contribution in [-0.4, -0.2) is 29.2 Å². The molecule has 160 valence electrons. The molecule has 3 aromatic rings. The third kappa shape index (κ3) is 3.28. The monoisotopic (exact) mass is 427 g/mol. The smallest absolute Gasteiger partial charge is 0.283 e. The first-order chi connectivity index (χ1) is 15.4. The SMILES string of the molecule is CC(C)(C#N)COc1ccc2c(c1)[C@]1(COC(N)=N1)c1cc(-c3cncnc3)ccc1O2. The Bertz CT molecular complexity index is 1270. The Balaban J connectivity index is 1.61. The van der Waals surface area contributed by atoms with Crippen molar-refractivity contribution in [3.05, 3.63) is 66.2 Å². The van der Waals surface area contributed by atoms with Gasteiger partial charge < -0.3 is 19.9 Å². The van der Waals surface area contributed by atoms with E-state index in [9.17, 15) is 5.26 Å². The molecule has 2 aliphatic rings. The summed E-state index contributed by atoms with van der Waals surface area (Å²) in [5, 5.41) is 9.28. The zero-order valence-electron chi connectivity index (χ0n) is 17.7. The van der Waals surface area contributed by atoms with Gasteiger partial charge in [-0.15, -0.1) is 0 Å². The summed E-state index contributed by atoms with van der Waals surface area (Å²) in [6.45, 7) is 4.16. The third-order valence-electron chi connectivity index (χ3n) is 5.57. The molecule has 8 heteroatoms. The molecule has 8 nitrogen and oxygen atoms in total. The first-order valence-corrected chi connectivity index (χ1v) is 10.1. The van der Waals surface area contributed by atoms with Crippen LogP contribution in [0.5, 0.6) is 17.2 Å². The van der Waals surface area contributed by atoms with E-state index in [1.165, 1.54) is 6.33 Å². The fourth-order valence-corrected chi connectivity index (χ4v) is 3.85. The molecular formula is C24H21N5O3. The zero-order chi connectivity index (χ0) is 22.3. The molecule has 32 heavy (non-hydrogen) atoms. The van der Waals surface area contributed by atoms with Crippen LogP contribution >= 0.6 is 0 Å². The molecule has 0 saturated carbocycles. The normalized spacial score (nSPS) is 18.6. The lowest BCUT2D eigenvalue weighted by Gasteiger charge is -2.34. The maximum Gasteiger partial charge on any atom is 0.283 e. The minimum absolute atomic E-state index is 0.120. The molecule has 3 heterocycles. The highest BCUT2D eigenvalue weighted by Gasteiger charge is 2.47. The second-order valence-corrected chi connectivity index (χ2v) is 8.48. The van der Waals surface area contributed by atoms with Gasteiger partial charge in [-0.05, 0) is 49.7 Å². The van der Waals surface area contributed by atoms with Crippen LogP contribution in [0.15, 0.2) is 60.1 Å². The van der Waals surface area contributed by atoms with E-state index < -0.39 is 11.0 Å².